The van der Waals surface area contributed by atoms with Crippen LogP contribution in [0.4, 0.5) is 19.2 Å². The molecule has 4 aliphatic heterocycles. The molecule has 766 valence electrons. The summed E-state index contributed by atoms with van der Waals surface area (Å²) in [4.78, 5) is 252. The van der Waals surface area contributed by atoms with Gasteiger partial charge in [0.15, 0.2) is 17.3 Å². The van der Waals surface area contributed by atoms with Gasteiger partial charge in [-0.05, 0) is 221 Å². The van der Waals surface area contributed by atoms with Crippen molar-refractivity contribution >= 4 is 107 Å². The summed E-state index contributed by atoms with van der Waals surface area (Å²) in [7, 11) is 7.02. The maximum atomic E-state index is 14.3. The summed E-state index contributed by atoms with van der Waals surface area (Å²) >= 11 is 0. The molecule has 6 rings (SSSR count). The van der Waals surface area contributed by atoms with Crippen molar-refractivity contribution in [2.45, 2.75) is 360 Å². The second kappa shape index (κ2) is 46.0. The van der Waals surface area contributed by atoms with Gasteiger partial charge in [-0.2, -0.15) is 0 Å². The lowest BCUT2D eigenvalue weighted by atomic mass is 9.76. The Labute approximate surface area is 809 Å². The average Bonchev–Trinajstić information content (AvgIpc) is 1.65. The first kappa shape index (κ1) is 116. The highest BCUT2D eigenvalue weighted by molar-refractivity contribution is 6.01. The molecular weight excluding hydrogens is 1770 g/mol. The Morgan fingerprint density at radius 1 is 0.343 bits per heavy atom. The predicted molar refractivity (Wildman–Crippen MR) is 514 cm³/mol. The average molecular weight is 1920 g/mol. The van der Waals surface area contributed by atoms with Crippen LogP contribution in [0, 0.1) is 33.5 Å². The Hall–Kier alpha value is -11.3. The van der Waals surface area contributed by atoms with Crippen molar-refractivity contribution < 1.29 is 110 Å². The van der Waals surface area contributed by atoms with E-state index in [0.717, 1.165) is 4.90 Å². The molecule has 137 heavy (non-hydrogen) atoms. The first-order valence-electron chi connectivity index (χ1n) is 47.1. The molecular formula is C100H158N14O23. The van der Waals surface area contributed by atoms with E-state index in [1.807, 2.05) is 76.2 Å². The molecule has 37 heteroatoms. The van der Waals surface area contributed by atoms with Crippen LogP contribution in [-0.4, -0.2) is 314 Å². The summed E-state index contributed by atoms with van der Waals surface area (Å²) in [5, 5.41) is 17.5. The summed E-state index contributed by atoms with van der Waals surface area (Å²) in [6, 6.07) is 1.81. The minimum Gasteiger partial charge on any atom is -0.467 e. The van der Waals surface area contributed by atoms with Crippen molar-refractivity contribution in [2.24, 2.45) is 33.5 Å². The summed E-state index contributed by atoms with van der Waals surface area (Å²) in [6.45, 7) is 54.4. The van der Waals surface area contributed by atoms with E-state index in [9.17, 15) is 86.3 Å². The summed E-state index contributed by atoms with van der Waals surface area (Å²) < 4.78 is 26.7. The fourth-order valence-electron chi connectivity index (χ4n) is 16.2. The summed E-state index contributed by atoms with van der Waals surface area (Å²) in [5.41, 5.74) is -4.87. The molecule has 14 amide bonds. The Balaban J connectivity index is 0.000000485. The number of hydrogen-bond donors (Lipinski definition) is 6. The van der Waals surface area contributed by atoms with Crippen LogP contribution in [0.25, 0.3) is 0 Å². The van der Waals surface area contributed by atoms with Gasteiger partial charge in [-0.1, -0.05) is 83.1 Å². The first-order valence-corrected chi connectivity index (χ1v) is 47.1. The molecule has 37 nitrogen and oxygen atoms in total. The minimum absolute atomic E-state index is 0.00432. The highest BCUT2D eigenvalue weighted by Gasteiger charge is 2.51. The maximum absolute atomic E-state index is 14.3. The van der Waals surface area contributed by atoms with E-state index in [1.54, 1.807) is 159 Å². The van der Waals surface area contributed by atoms with E-state index in [2.05, 4.69) is 31.9 Å². The zero-order chi connectivity index (χ0) is 105. The molecule has 0 radical (unpaired) electrons. The van der Waals surface area contributed by atoms with Crippen molar-refractivity contribution in [1.82, 2.24) is 71.1 Å². The van der Waals surface area contributed by atoms with E-state index >= 15 is 0 Å². The second-order valence-corrected chi connectivity index (χ2v) is 45.5. The normalized spacial score (nSPS) is 20.5. The number of carbonyl (C=O) groups is 18. The molecule has 2 aromatic carbocycles. The molecule has 2 aromatic rings. The van der Waals surface area contributed by atoms with Gasteiger partial charge < -0.3 is 85.0 Å². The number of nitrogens with one attached hydrogen (secondary N) is 6. The van der Waals surface area contributed by atoms with Crippen molar-refractivity contribution in [1.29, 1.82) is 0 Å². The monoisotopic (exact) mass is 1920 g/mol. The molecule has 0 aliphatic carbocycles. The van der Waals surface area contributed by atoms with Crippen LogP contribution in [-0.2, 0) is 71.6 Å². The van der Waals surface area contributed by atoms with Crippen LogP contribution in [0.1, 0.15) is 295 Å². The van der Waals surface area contributed by atoms with Crippen LogP contribution in [0.5, 0.6) is 0 Å². The van der Waals surface area contributed by atoms with Crippen molar-refractivity contribution in [3.05, 3.63) is 70.8 Å². The molecule has 6 N–H and O–H groups in total. The molecule has 0 aromatic heterocycles. The Bertz CT molecular complexity index is 4590. The van der Waals surface area contributed by atoms with Crippen LogP contribution < -0.4 is 31.9 Å². The fraction of sp³-hybridized carbons (Fsp3) is 0.700. The smallest absolute Gasteiger partial charge is 0.410 e. The number of hydrogen-bond acceptors (Lipinski definition) is 23. The summed E-state index contributed by atoms with van der Waals surface area (Å²) in [6.07, 6.45) is -1.83. The van der Waals surface area contributed by atoms with Gasteiger partial charge in [0.2, 0.25) is 35.4 Å². The molecule has 16 atom stereocenters. The van der Waals surface area contributed by atoms with E-state index < -0.39 is 182 Å². The third-order valence-corrected chi connectivity index (χ3v) is 25.0. The maximum Gasteiger partial charge on any atom is 0.410 e. The van der Waals surface area contributed by atoms with Crippen molar-refractivity contribution in [2.75, 3.05) is 61.5 Å². The van der Waals surface area contributed by atoms with Crippen LogP contribution >= 0.6 is 0 Å². The third-order valence-electron chi connectivity index (χ3n) is 25.0. The molecule has 0 unspecified atom stereocenters. The first-order chi connectivity index (χ1) is 62.4. The zero-order valence-electron chi connectivity index (χ0n) is 87.9. The Morgan fingerprint density at radius 3 is 0.832 bits per heavy atom. The summed E-state index contributed by atoms with van der Waals surface area (Å²) in [5.74, 6) is -7.59. The Morgan fingerprint density at radius 2 is 0.577 bits per heavy atom. The van der Waals surface area contributed by atoms with Crippen molar-refractivity contribution in [3.8, 4) is 0 Å². The lowest BCUT2D eigenvalue weighted by molar-refractivity contribution is -0.153. The molecule has 4 saturated heterocycles. The number of benzene rings is 2. The van der Waals surface area contributed by atoms with Crippen LogP contribution in [0.2, 0.25) is 0 Å². The number of Topliss-reactive ketones (excluding diaryl/α,β-unsaturated/α-hetero) is 3. The highest BCUT2D eigenvalue weighted by atomic mass is 16.6. The number of amides is 14. The van der Waals surface area contributed by atoms with Gasteiger partial charge >= 0.3 is 30.3 Å². The largest absolute Gasteiger partial charge is 0.467 e. The molecule has 0 saturated carbocycles. The highest BCUT2D eigenvalue weighted by Crippen LogP contribution is 2.38. The Kier molecular flexibility index (Phi) is 39.0. The number of likely N-dealkylation sites (N-methyl/N-ethyl adjacent to an activating group) is 4. The molecule has 4 aliphatic rings. The number of nitrogens with zero attached hydrogens (tertiary/aromatic N) is 8. The number of methoxy groups -OCH3 is 1. The van der Waals surface area contributed by atoms with Gasteiger partial charge in [0, 0.05) is 144 Å². The van der Waals surface area contributed by atoms with E-state index in [4.69, 9.17) is 23.7 Å². The van der Waals surface area contributed by atoms with Crippen molar-refractivity contribution in [3.63, 3.8) is 0 Å². The number of carbonyl (C=O) groups excluding carboxylic acids is 18. The number of ketones is 3. The number of rotatable bonds is 28. The lowest BCUT2D eigenvalue weighted by Gasteiger charge is -2.36. The minimum atomic E-state index is -1.16. The van der Waals surface area contributed by atoms with E-state index in [-0.39, 0.29) is 128 Å². The van der Waals surface area contributed by atoms with Gasteiger partial charge in [-0.25, -0.2) is 24.0 Å². The van der Waals surface area contributed by atoms with Gasteiger partial charge in [-0.15, -0.1) is 0 Å². The van der Waals surface area contributed by atoms with Gasteiger partial charge in [0.1, 0.15) is 52.6 Å². The topological polar surface area (TPSA) is 452 Å². The lowest BCUT2D eigenvalue weighted by Crippen LogP contribution is -2.59. The molecule has 4 fully saturated rings. The second-order valence-electron chi connectivity index (χ2n) is 45.5. The molecule has 0 spiro atoms. The number of ether oxygens (including phenoxy) is 5. The zero-order valence-corrected chi connectivity index (χ0v) is 87.9. The van der Waals surface area contributed by atoms with Crippen LogP contribution in [0.3, 0.4) is 0 Å². The van der Waals surface area contributed by atoms with E-state index in [0.29, 0.717) is 24.0 Å². The molecule has 4 heterocycles. The van der Waals surface area contributed by atoms with E-state index in [1.165, 1.54) is 97.9 Å². The quantitative estimate of drug-likeness (QED) is 0.0340. The predicted octanol–water partition coefficient (Wildman–Crippen LogP) is 10.3. The number of likely N-dealkylation sites (tertiary alicyclic amines) is 4. The SMILES string of the molecule is COC(=O)[C@@H]1C[C@H](NC(=O)c2ccc(C(=O)N[C@H]3C[C@@H](C(C)=O)N(C(=O)[C@@H](CC(=O)[C@H](C)N(C)C(=O)OC(C)(C)C)C(C)(C)C)C3)cc2)CN1C(=O)[C@@H](NC(=O)[C@H](C)N(C)C(=O)OC(C)(C)C)C(C)(C)C.C[C@@H]1C[C@H](NC(=O)c2ccc(C(=O)N[C@H]3C[C@@H](C)N(C(=O)[C@@H](NC(=O)[C@H](C)N(C)C(=O)OC(C)(C)C)C(C)(C)C)C3)cc2)CN1C(=O)[C@@H](CC(=O)[C@H](C)N(C)C(=O)OC(C)(C)C)C(C)(C)C. The fourth-order valence-corrected chi connectivity index (χ4v) is 16.2. The number of esters is 1. The van der Waals surface area contributed by atoms with Gasteiger partial charge in [0.25, 0.3) is 23.6 Å². The van der Waals surface area contributed by atoms with Gasteiger partial charge in [0.05, 0.1) is 25.2 Å². The van der Waals surface area contributed by atoms with Gasteiger partial charge in [-0.3, -0.25) is 72.1 Å². The molecule has 0 bridgehead atoms. The third kappa shape index (κ3) is 32.9. The van der Waals surface area contributed by atoms with Crippen LogP contribution in [0.15, 0.2) is 48.5 Å². The standard InChI is InChI=1S/C51H79N7O13.C49H79N7O10/c1-28(55(16)46(67)70-50(10,11)12)38(60)25-35(48(4,5)6)43(64)57-26-33(23-36(57)30(3)59)52-41(62)31-19-21-32(22-20-31)42(63)53-34-24-37(45(66)69-18)58(27-34)44(65)39(49(7,8)9)54-40(61)29(2)56(17)47(68)71-51(13,14)15;1-28-23-34(26-55(28)42(61)36(46(5,6)7)25-37(57)30(3)53(17)44(63)65-48(11,12)13)50-40(59)32-19-21-33(22-20-32)41(60)51-35-24-29(2)56(27-35)43(62)38(47(8,9)10)52-39(58)31(4)54(18)45(64)66-49(14,15)16/h19-22,28-29,33-37,39H,23-27H2,1-18H3,(H,52,62)(H,53,63)(H,54,61);19-22,28-31,34-36,38H,23-27H2,1-18H3,(H,50,59)(H,51,60)(H,52,58)/t28-,29-,33-,34-,35+,36-,37-,39+;28-,29-,30+,31+,34+,35+,36-,38-/m01/s1.